The van der Waals surface area contributed by atoms with E-state index in [2.05, 4.69) is 15.5 Å². The van der Waals surface area contributed by atoms with Crippen molar-refractivity contribution in [2.75, 3.05) is 17.7 Å². The number of benzene rings is 1. The molecule has 1 amide bonds. The number of carbonyl (C=O) groups is 2. The molecule has 0 radical (unpaired) electrons. The molecule has 0 bridgehead atoms. The molecule has 2 aromatic heterocycles. The molecule has 0 saturated carbocycles. The summed E-state index contributed by atoms with van der Waals surface area (Å²) in [5.41, 5.74) is 1.69. The number of amides is 1. The summed E-state index contributed by atoms with van der Waals surface area (Å²) in [5.74, 6) is 0.335. The van der Waals surface area contributed by atoms with Crippen LogP contribution in [0.3, 0.4) is 0 Å². The maximum atomic E-state index is 12.0. The lowest BCUT2D eigenvalue weighted by atomic mass is 10.2. The monoisotopic (exact) mass is 400 g/mol. The number of furan rings is 1. The number of aryl methyl sites for hydroxylation is 1. The van der Waals surface area contributed by atoms with Crippen LogP contribution >= 0.6 is 11.8 Å². The lowest BCUT2D eigenvalue weighted by Crippen LogP contribution is -2.21. The van der Waals surface area contributed by atoms with E-state index in [0.717, 1.165) is 5.56 Å². The summed E-state index contributed by atoms with van der Waals surface area (Å²) >= 11 is 1.20. The molecule has 0 aliphatic heterocycles. The Morgan fingerprint density at radius 2 is 2.11 bits per heavy atom. The van der Waals surface area contributed by atoms with E-state index in [1.54, 1.807) is 24.5 Å². The topological polar surface area (TPSA) is 99.2 Å². The van der Waals surface area contributed by atoms with E-state index < -0.39 is 5.97 Å². The van der Waals surface area contributed by atoms with Crippen LogP contribution < -0.4 is 5.32 Å². The Bertz CT molecular complexity index is 953. The molecule has 1 N–H and O–H groups in total. The van der Waals surface area contributed by atoms with Gasteiger partial charge in [-0.25, -0.2) is 0 Å². The second kappa shape index (κ2) is 9.23. The van der Waals surface area contributed by atoms with Crippen LogP contribution in [0.4, 0.5) is 5.69 Å². The summed E-state index contributed by atoms with van der Waals surface area (Å²) in [5, 5.41) is 11.5. The fourth-order valence-electron chi connectivity index (χ4n) is 2.50. The maximum Gasteiger partial charge on any atom is 0.316 e. The second-order valence-corrected chi connectivity index (χ2v) is 6.84. The summed E-state index contributed by atoms with van der Waals surface area (Å²) in [4.78, 5) is 23.9. The molecule has 0 spiro atoms. The van der Waals surface area contributed by atoms with Crippen LogP contribution in [0.2, 0.25) is 0 Å². The first-order valence-electron chi connectivity index (χ1n) is 8.69. The molecule has 1 aromatic carbocycles. The van der Waals surface area contributed by atoms with E-state index >= 15 is 0 Å². The lowest BCUT2D eigenvalue weighted by molar-refractivity contribution is -0.144. The van der Waals surface area contributed by atoms with Gasteiger partial charge < -0.3 is 14.5 Å². The Balaban J connectivity index is 1.49. The predicted molar refractivity (Wildman–Crippen MR) is 105 cm³/mol. The zero-order valence-corrected chi connectivity index (χ0v) is 16.4. The fraction of sp³-hybridized carbons (Fsp3) is 0.263. The number of hydrogen-bond acceptors (Lipinski definition) is 7. The average molecular weight is 400 g/mol. The maximum absolute atomic E-state index is 12.0. The normalized spacial score (nSPS) is 10.6. The molecular weight excluding hydrogens is 380 g/mol. The number of carbonyl (C=O) groups excluding carboxylic acids is 2. The van der Waals surface area contributed by atoms with E-state index in [9.17, 15) is 9.59 Å². The molecular formula is C19H20N4O4S. The molecule has 0 fully saturated rings. The van der Waals surface area contributed by atoms with Crippen molar-refractivity contribution in [3.05, 3.63) is 48.2 Å². The molecule has 0 unspecified atom stereocenters. The molecule has 0 atom stereocenters. The zero-order chi connectivity index (χ0) is 19.9. The summed E-state index contributed by atoms with van der Waals surface area (Å²) in [6, 6.07) is 11.0. The molecule has 0 saturated heterocycles. The number of esters is 1. The van der Waals surface area contributed by atoms with Crippen LogP contribution in [-0.4, -0.2) is 39.0 Å². The highest BCUT2D eigenvalue weighted by Gasteiger charge is 2.17. The molecule has 3 rings (SSSR count). The van der Waals surface area contributed by atoms with Crippen LogP contribution in [0, 0.1) is 6.92 Å². The van der Waals surface area contributed by atoms with Gasteiger partial charge >= 0.3 is 5.97 Å². The fourth-order valence-corrected chi connectivity index (χ4v) is 3.30. The molecule has 0 aliphatic rings. The van der Waals surface area contributed by atoms with Crippen molar-refractivity contribution in [2.24, 2.45) is 0 Å². The second-order valence-electron chi connectivity index (χ2n) is 5.89. The number of nitrogens with one attached hydrogen (secondary N) is 1. The number of ether oxygens (including phenoxy) is 1. The first-order valence-corrected chi connectivity index (χ1v) is 9.67. The van der Waals surface area contributed by atoms with Crippen molar-refractivity contribution in [2.45, 2.75) is 25.5 Å². The third kappa shape index (κ3) is 5.01. The number of rotatable bonds is 8. The van der Waals surface area contributed by atoms with E-state index in [1.807, 2.05) is 36.6 Å². The summed E-state index contributed by atoms with van der Waals surface area (Å²) in [6.07, 6.45) is 1.57. The van der Waals surface area contributed by atoms with E-state index in [4.69, 9.17) is 9.15 Å². The highest BCUT2D eigenvalue weighted by molar-refractivity contribution is 7.99. The quantitative estimate of drug-likeness (QED) is 0.458. The van der Waals surface area contributed by atoms with Crippen molar-refractivity contribution < 1.29 is 18.7 Å². The third-order valence-electron chi connectivity index (χ3n) is 3.76. The molecule has 8 nitrogen and oxygen atoms in total. The molecule has 28 heavy (non-hydrogen) atoms. The van der Waals surface area contributed by atoms with Gasteiger partial charge in [-0.05, 0) is 43.7 Å². The van der Waals surface area contributed by atoms with Gasteiger partial charge in [0.15, 0.2) is 23.3 Å². The van der Waals surface area contributed by atoms with Gasteiger partial charge in [-0.3, -0.25) is 14.2 Å². The first-order chi connectivity index (χ1) is 13.6. The standard InChI is InChI=1S/C19H20N4O4S/c1-3-23-18(15-8-5-9-26-15)21-22-19(23)28-12-17(25)27-11-16(24)20-14-7-4-6-13(2)10-14/h4-10H,3,11-12H2,1-2H3,(H,20,24). The molecule has 3 aromatic rings. The Labute approximate surface area is 166 Å². The minimum absolute atomic E-state index is 0.0218. The Kier molecular flexibility index (Phi) is 6.49. The Morgan fingerprint density at radius 3 is 2.82 bits per heavy atom. The largest absolute Gasteiger partial charge is 0.461 e. The van der Waals surface area contributed by atoms with Crippen molar-refractivity contribution in [1.82, 2.24) is 14.8 Å². The Morgan fingerprint density at radius 1 is 1.25 bits per heavy atom. The van der Waals surface area contributed by atoms with E-state index in [-0.39, 0.29) is 18.3 Å². The van der Waals surface area contributed by atoms with Gasteiger partial charge in [0, 0.05) is 12.2 Å². The lowest BCUT2D eigenvalue weighted by Gasteiger charge is -2.08. The highest BCUT2D eigenvalue weighted by atomic mass is 32.2. The van der Waals surface area contributed by atoms with Crippen LogP contribution in [0.15, 0.2) is 52.2 Å². The number of anilines is 1. The van der Waals surface area contributed by atoms with Gasteiger partial charge in [0.1, 0.15) is 0 Å². The van der Waals surface area contributed by atoms with Gasteiger partial charge in [0.2, 0.25) is 0 Å². The third-order valence-corrected chi connectivity index (χ3v) is 4.70. The van der Waals surface area contributed by atoms with Crippen molar-refractivity contribution in [3.63, 3.8) is 0 Å². The minimum atomic E-state index is -0.505. The van der Waals surface area contributed by atoms with Gasteiger partial charge in [-0.15, -0.1) is 10.2 Å². The molecule has 146 valence electrons. The van der Waals surface area contributed by atoms with Crippen molar-refractivity contribution in [1.29, 1.82) is 0 Å². The molecule has 2 heterocycles. The first kappa shape index (κ1) is 19.7. The summed E-state index contributed by atoms with van der Waals surface area (Å²) in [7, 11) is 0. The number of aromatic nitrogens is 3. The summed E-state index contributed by atoms with van der Waals surface area (Å²) < 4.78 is 12.2. The highest BCUT2D eigenvalue weighted by Crippen LogP contribution is 2.24. The SMILES string of the molecule is CCn1c(SCC(=O)OCC(=O)Nc2cccc(C)c2)nnc1-c1ccco1. The van der Waals surface area contributed by atoms with Gasteiger partial charge in [0.25, 0.3) is 5.91 Å². The minimum Gasteiger partial charge on any atom is -0.461 e. The van der Waals surface area contributed by atoms with E-state index in [0.29, 0.717) is 29.0 Å². The zero-order valence-electron chi connectivity index (χ0n) is 15.5. The van der Waals surface area contributed by atoms with Gasteiger partial charge in [0.05, 0.1) is 12.0 Å². The molecule has 9 heteroatoms. The van der Waals surface area contributed by atoms with Crippen molar-refractivity contribution in [3.8, 4) is 11.6 Å². The predicted octanol–water partition coefficient (Wildman–Crippen LogP) is 3.14. The summed E-state index contributed by atoms with van der Waals surface area (Å²) in [6.45, 7) is 4.16. The Hall–Kier alpha value is -3.07. The number of hydrogen-bond donors (Lipinski definition) is 1. The smallest absolute Gasteiger partial charge is 0.316 e. The van der Waals surface area contributed by atoms with Crippen LogP contribution in [0.5, 0.6) is 0 Å². The van der Waals surface area contributed by atoms with Crippen molar-refractivity contribution >= 4 is 29.3 Å². The van der Waals surface area contributed by atoms with Gasteiger partial charge in [-0.2, -0.15) is 0 Å². The van der Waals surface area contributed by atoms with Gasteiger partial charge in [-0.1, -0.05) is 23.9 Å². The van der Waals surface area contributed by atoms with Crippen LogP contribution in [0.25, 0.3) is 11.6 Å². The van der Waals surface area contributed by atoms with E-state index in [1.165, 1.54) is 11.8 Å². The van der Waals surface area contributed by atoms with Crippen LogP contribution in [0.1, 0.15) is 12.5 Å². The molecule has 0 aliphatic carbocycles. The average Bonchev–Trinajstić information content (AvgIpc) is 3.33. The van der Waals surface area contributed by atoms with Crippen LogP contribution in [-0.2, 0) is 20.9 Å². The number of thioether (sulfide) groups is 1. The number of nitrogens with zero attached hydrogens (tertiary/aromatic N) is 3.